The first kappa shape index (κ1) is 11.3. The molecule has 2 rings (SSSR count). The molecule has 0 fully saturated rings. The smallest absolute Gasteiger partial charge is 0.184 e. The molecule has 0 unspecified atom stereocenters. The average molecular weight is 233 g/mol. The fourth-order valence-electron chi connectivity index (χ4n) is 1.54. The fourth-order valence-corrected chi connectivity index (χ4v) is 1.54. The summed E-state index contributed by atoms with van der Waals surface area (Å²) in [7, 11) is 0. The second-order valence-corrected chi connectivity index (χ2v) is 3.63. The van der Waals surface area contributed by atoms with Crippen molar-refractivity contribution in [2.24, 2.45) is 5.18 Å². The fraction of sp³-hybridized carbons (Fsp3) is 0.0909. The van der Waals surface area contributed by atoms with Crippen LogP contribution in [0.15, 0.2) is 47.7 Å². The molecule has 1 aromatic rings. The Morgan fingerprint density at radius 1 is 1.24 bits per heavy atom. The van der Waals surface area contributed by atoms with Gasteiger partial charge < -0.3 is 0 Å². The van der Waals surface area contributed by atoms with Gasteiger partial charge in [0, 0.05) is 5.56 Å². The summed E-state index contributed by atoms with van der Waals surface area (Å²) >= 11 is 0. The molecule has 6 nitrogen and oxygen atoms in total. The highest BCUT2D eigenvalue weighted by Gasteiger charge is 2.26. The lowest BCUT2D eigenvalue weighted by Crippen LogP contribution is -2.18. The van der Waals surface area contributed by atoms with Gasteiger partial charge in [0.2, 0.25) is 0 Å². The van der Waals surface area contributed by atoms with Crippen LogP contribution in [0.5, 0.6) is 0 Å². The van der Waals surface area contributed by atoms with E-state index in [0.717, 1.165) is 11.8 Å². The number of nitroso groups, excluding NO2 is 1. The van der Waals surface area contributed by atoms with Crippen LogP contribution >= 0.6 is 0 Å². The van der Waals surface area contributed by atoms with Crippen LogP contribution in [0.3, 0.4) is 0 Å². The van der Waals surface area contributed by atoms with Crippen molar-refractivity contribution in [2.45, 2.75) is 6.92 Å². The minimum Gasteiger partial charge on any atom is -0.282 e. The zero-order valence-electron chi connectivity index (χ0n) is 9.11. The Morgan fingerprint density at radius 2 is 1.88 bits per heavy atom. The van der Waals surface area contributed by atoms with Crippen molar-refractivity contribution in [3.8, 4) is 0 Å². The summed E-state index contributed by atoms with van der Waals surface area (Å²) in [5, 5.41) is 23.1. The molecule has 0 aliphatic carbocycles. The van der Waals surface area contributed by atoms with Crippen LogP contribution in [-0.4, -0.2) is 20.5 Å². The monoisotopic (exact) mass is 233 g/mol. The molecule has 1 aliphatic rings. The molecule has 1 aliphatic heterocycles. The third-order valence-corrected chi connectivity index (χ3v) is 2.44. The van der Waals surface area contributed by atoms with Gasteiger partial charge in [-0.3, -0.25) is 10.4 Å². The van der Waals surface area contributed by atoms with Gasteiger partial charge in [0.15, 0.2) is 5.82 Å². The highest BCUT2D eigenvalue weighted by atomic mass is 16.6. The minimum absolute atomic E-state index is 0.115. The quantitative estimate of drug-likeness (QED) is 0.766. The molecular weight excluding hydrogens is 222 g/mol. The van der Waals surface area contributed by atoms with Crippen LogP contribution in [0, 0.1) is 11.8 Å². The van der Waals surface area contributed by atoms with Crippen LogP contribution < -0.4 is 0 Å². The molecule has 0 bridgehead atoms. The number of hydroxylamine groups is 4. The van der Waals surface area contributed by atoms with E-state index in [0.29, 0.717) is 21.4 Å². The van der Waals surface area contributed by atoms with Gasteiger partial charge in [-0.15, -0.1) is 4.91 Å². The molecule has 17 heavy (non-hydrogen) atoms. The lowest BCUT2D eigenvalue weighted by Gasteiger charge is -2.15. The second kappa shape index (κ2) is 4.36. The van der Waals surface area contributed by atoms with Gasteiger partial charge in [0.1, 0.15) is 6.20 Å². The SMILES string of the molecule is Cc1ccc(C2=CN(O)/C(=C/N=O)N2O)cc1. The summed E-state index contributed by atoms with van der Waals surface area (Å²) in [6, 6.07) is 7.36. The first-order chi connectivity index (χ1) is 8.13. The molecule has 2 N–H and O–H groups in total. The standard InChI is InChI=1S/C11H11N3O3/c1-8-2-4-9(5-3-8)10-7-13(16)11(6-12-15)14(10)17/h2-7,16-17H,1H3/b11-6-. The van der Waals surface area contributed by atoms with E-state index in [1.165, 1.54) is 6.20 Å². The Balaban J connectivity index is 2.35. The van der Waals surface area contributed by atoms with E-state index in [4.69, 9.17) is 0 Å². The topological polar surface area (TPSA) is 76.4 Å². The van der Waals surface area contributed by atoms with Gasteiger partial charge in [-0.05, 0) is 12.1 Å². The lowest BCUT2D eigenvalue weighted by atomic mass is 10.1. The zero-order valence-corrected chi connectivity index (χ0v) is 9.11. The molecule has 1 aromatic carbocycles. The summed E-state index contributed by atoms with van der Waals surface area (Å²) in [5.41, 5.74) is 2.16. The van der Waals surface area contributed by atoms with Gasteiger partial charge in [0.25, 0.3) is 0 Å². The van der Waals surface area contributed by atoms with Crippen molar-refractivity contribution < 1.29 is 10.4 Å². The van der Waals surface area contributed by atoms with Crippen LogP contribution in [-0.2, 0) is 0 Å². The van der Waals surface area contributed by atoms with Crippen molar-refractivity contribution in [2.75, 3.05) is 0 Å². The Labute approximate surface area is 97.6 Å². The van der Waals surface area contributed by atoms with E-state index in [1.54, 1.807) is 12.1 Å². The highest BCUT2D eigenvalue weighted by molar-refractivity contribution is 5.66. The second-order valence-electron chi connectivity index (χ2n) is 3.63. The molecule has 6 heteroatoms. The van der Waals surface area contributed by atoms with Crippen LogP contribution in [0.25, 0.3) is 5.70 Å². The number of hydrogen-bond donors (Lipinski definition) is 2. The number of nitrogens with zero attached hydrogens (tertiary/aromatic N) is 3. The van der Waals surface area contributed by atoms with Gasteiger partial charge >= 0.3 is 0 Å². The first-order valence-corrected chi connectivity index (χ1v) is 4.92. The maximum atomic E-state index is 10.1. The van der Waals surface area contributed by atoms with E-state index in [1.807, 2.05) is 19.1 Å². The maximum absolute atomic E-state index is 10.1. The van der Waals surface area contributed by atoms with Gasteiger partial charge in [-0.25, -0.2) is 10.1 Å². The van der Waals surface area contributed by atoms with Gasteiger partial charge in [0.05, 0.1) is 11.9 Å². The third-order valence-electron chi connectivity index (χ3n) is 2.44. The molecule has 0 aromatic heterocycles. The van der Waals surface area contributed by atoms with Crippen LogP contribution in [0.1, 0.15) is 11.1 Å². The predicted octanol–water partition coefficient (Wildman–Crippen LogP) is 2.25. The van der Waals surface area contributed by atoms with Crippen molar-refractivity contribution in [3.63, 3.8) is 0 Å². The summed E-state index contributed by atoms with van der Waals surface area (Å²) in [5.74, 6) is -0.115. The van der Waals surface area contributed by atoms with Crippen LogP contribution in [0.4, 0.5) is 0 Å². The van der Waals surface area contributed by atoms with Crippen molar-refractivity contribution >= 4 is 5.70 Å². The van der Waals surface area contributed by atoms with E-state index < -0.39 is 0 Å². The van der Waals surface area contributed by atoms with Crippen molar-refractivity contribution in [1.29, 1.82) is 0 Å². The molecular formula is C11H11N3O3. The number of rotatable bonds is 2. The highest BCUT2D eigenvalue weighted by Crippen LogP contribution is 2.29. The summed E-state index contributed by atoms with van der Waals surface area (Å²) in [6.07, 6.45) is 2.11. The van der Waals surface area contributed by atoms with Crippen LogP contribution in [0.2, 0.25) is 0 Å². The molecule has 88 valence electrons. The molecule has 1 heterocycles. The molecule has 0 saturated heterocycles. The number of benzene rings is 1. The van der Waals surface area contributed by atoms with Gasteiger partial charge in [-0.2, -0.15) is 0 Å². The third kappa shape index (κ3) is 2.03. The zero-order chi connectivity index (χ0) is 12.4. The lowest BCUT2D eigenvalue weighted by molar-refractivity contribution is -0.0757. The first-order valence-electron chi connectivity index (χ1n) is 4.92. The Hall–Kier alpha value is -2.18. The number of aryl methyl sites for hydroxylation is 1. The molecule has 0 radical (unpaired) electrons. The maximum Gasteiger partial charge on any atom is 0.184 e. The van der Waals surface area contributed by atoms with E-state index in [9.17, 15) is 15.3 Å². The van der Waals surface area contributed by atoms with E-state index in [-0.39, 0.29) is 5.82 Å². The van der Waals surface area contributed by atoms with Gasteiger partial charge in [-0.1, -0.05) is 29.8 Å². The molecule has 0 saturated carbocycles. The summed E-state index contributed by atoms with van der Waals surface area (Å²) in [4.78, 5) is 10.1. The molecule has 0 spiro atoms. The van der Waals surface area contributed by atoms with Crippen molar-refractivity contribution in [1.82, 2.24) is 10.1 Å². The predicted molar refractivity (Wildman–Crippen MR) is 60.3 cm³/mol. The average Bonchev–Trinajstić information content (AvgIpc) is 2.59. The summed E-state index contributed by atoms with van der Waals surface area (Å²) < 4.78 is 0. The Morgan fingerprint density at radius 3 is 2.47 bits per heavy atom. The molecule has 0 atom stereocenters. The van der Waals surface area contributed by atoms with Crippen molar-refractivity contribution in [3.05, 3.63) is 58.5 Å². The Bertz CT molecular complexity index is 493. The summed E-state index contributed by atoms with van der Waals surface area (Å²) in [6.45, 7) is 1.95. The van der Waals surface area contributed by atoms with E-state index in [2.05, 4.69) is 5.18 Å². The normalized spacial score (nSPS) is 17.6. The minimum atomic E-state index is -0.115. The number of hydrogen-bond acceptors (Lipinski definition) is 6. The van der Waals surface area contributed by atoms with E-state index >= 15 is 0 Å². The molecule has 0 amide bonds. The largest absolute Gasteiger partial charge is 0.282 e. The Kier molecular flexibility index (Phi) is 2.90.